The molecule has 0 unspecified atom stereocenters. The number of likely N-dealkylation sites (tertiary alicyclic amines) is 1. The lowest BCUT2D eigenvalue weighted by Crippen LogP contribution is -2.49. The molecule has 1 atom stereocenters. The molecule has 3 aromatic heterocycles. The summed E-state index contributed by atoms with van der Waals surface area (Å²) in [5.74, 6) is 1.55. The normalized spacial score (nSPS) is 17.3. The molecule has 36 heavy (non-hydrogen) atoms. The van der Waals surface area contributed by atoms with Crippen molar-refractivity contribution in [1.82, 2.24) is 29.4 Å². The molecule has 4 heterocycles. The van der Waals surface area contributed by atoms with Crippen LogP contribution in [-0.4, -0.2) is 91.9 Å². The summed E-state index contributed by atoms with van der Waals surface area (Å²) in [6, 6.07) is 1.85. The van der Waals surface area contributed by atoms with Gasteiger partial charge in [0.1, 0.15) is 16.3 Å². The Morgan fingerprint density at radius 3 is 2.75 bits per heavy atom. The van der Waals surface area contributed by atoms with Crippen LogP contribution in [0.3, 0.4) is 0 Å². The Morgan fingerprint density at radius 1 is 1.28 bits per heavy atom. The Hall–Kier alpha value is -3.25. The Morgan fingerprint density at radius 2 is 2.06 bits per heavy atom. The van der Waals surface area contributed by atoms with Crippen LogP contribution in [-0.2, 0) is 4.74 Å². The van der Waals surface area contributed by atoms with E-state index >= 15 is 0 Å². The van der Waals surface area contributed by atoms with Crippen molar-refractivity contribution in [1.29, 1.82) is 0 Å². The molecule has 3 aromatic rings. The number of amides is 2. The van der Waals surface area contributed by atoms with Crippen molar-refractivity contribution in [2.45, 2.75) is 44.7 Å². The number of piperidine rings is 1. The number of nitrogens with zero attached hydrogens (tertiary/aromatic N) is 6. The first-order chi connectivity index (χ1) is 17.4. The van der Waals surface area contributed by atoms with E-state index in [-0.39, 0.29) is 18.0 Å². The summed E-state index contributed by atoms with van der Waals surface area (Å²) < 4.78 is 6.83. The molecule has 192 valence electrons. The maximum Gasteiger partial charge on any atom is 0.407 e. The van der Waals surface area contributed by atoms with Gasteiger partial charge in [-0.2, -0.15) is 5.10 Å². The highest BCUT2D eigenvalue weighted by Crippen LogP contribution is 2.34. The summed E-state index contributed by atoms with van der Waals surface area (Å²) in [7, 11) is 1.56. The van der Waals surface area contributed by atoms with Crippen molar-refractivity contribution in [3.63, 3.8) is 0 Å². The molecule has 0 aromatic carbocycles. The molecular weight excluding hydrogens is 482 g/mol. The molecule has 2 N–H and O–H groups in total. The van der Waals surface area contributed by atoms with Crippen LogP contribution >= 0.6 is 11.3 Å². The first-order valence-electron chi connectivity index (χ1n) is 12.3. The Balaban J connectivity index is 1.36. The van der Waals surface area contributed by atoms with Crippen molar-refractivity contribution >= 4 is 34.0 Å². The van der Waals surface area contributed by atoms with E-state index < -0.39 is 6.09 Å². The monoisotopic (exact) mass is 513 g/mol. The van der Waals surface area contributed by atoms with E-state index in [0.717, 1.165) is 10.4 Å². The Labute approximate surface area is 213 Å². The summed E-state index contributed by atoms with van der Waals surface area (Å²) in [6.45, 7) is 3.72. The first kappa shape index (κ1) is 24.4. The van der Waals surface area contributed by atoms with Crippen LogP contribution in [0, 0.1) is 5.92 Å². The number of fused-ring (bicyclic) bond motifs is 1. The predicted molar refractivity (Wildman–Crippen MR) is 135 cm³/mol. The lowest BCUT2D eigenvalue weighted by molar-refractivity contribution is 0.0557. The van der Waals surface area contributed by atoms with Gasteiger partial charge in [-0.1, -0.05) is 0 Å². The van der Waals surface area contributed by atoms with Gasteiger partial charge in [-0.15, -0.1) is 11.3 Å². The lowest BCUT2D eigenvalue weighted by atomic mass is 10.0. The third-order valence-corrected chi connectivity index (χ3v) is 7.88. The quantitative estimate of drug-likeness (QED) is 0.447. The van der Waals surface area contributed by atoms with E-state index in [0.29, 0.717) is 62.3 Å². The zero-order valence-corrected chi connectivity index (χ0v) is 21.3. The van der Waals surface area contributed by atoms with Crippen LogP contribution in [0.25, 0.3) is 16.2 Å². The van der Waals surface area contributed by atoms with Gasteiger partial charge in [0.2, 0.25) is 0 Å². The van der Waals surface area contributed by atoms with Crippen molar-refractivity contribution in [3.8, 4) is 11.4 Å². The van der Waals surface area contributed by atoms with Crippen molar-refractivity contribution < 1.29 is 19.4 Å². The summed E-state index contributed by atoms with van der Waals surface area (Å²) in [5.41, 5.74) is 1.12. The van der Waals surface area contributed by atoms with E-state index in [1.807, 2.05) is 11.6 Å². The summed E-state index contributed by atoms with van der Waals surface area (Å²) in [6.07, 6.45) is 6.19. The number of anilines is 1. The van der Waals surface area contributed by atoms with Gasteiger partial charge in [0.25, 0.3) is 5.91 Å². The van der Waals surface area contributed by atoms with Gasteiger partial charge in [-0.05, 0) is 38.5 Å². The predicted octanol–water partition coefficient (Wildman–Crippen LogP) is 3.29. The number of carboxylic acid groups (broad SMARTS) is 1. The number of thiazole rings is 1. The van der Waals surface area contributed by atoms with Gasteiger partial charge in [0.15, 0.2) is 5.82 Å². The zero-order chi connectivity index (χ0) is 25.2. The largest absolute Gasteiger partial charge is 0.465 e. The van der Waals surface area contributed by atoms with Gasteiger partial charge in [0.05, 0.1) is 18.4 Å². The molecule has 11 nitrogen and oxygen atoms in total. The fourth-order valence-electron chi connectivity index (χ4n) is 4.75. The SMILES string of the molecule is COCCN(C(=O)O)C1CCN(C(=O)c2cc(N[C@@H](C)C3CC3)nc(-c3cnn4ccsc34)n2)CC1. The highest BCUT2D eigenvalue weighted by molar-refractivity contribution is 7.16. The summed E-state index contributed by atoms with van der Waals surface area (Å²) in [4.78, 5) is 38.7. The number of ether oxygens (including phenoxy) is 1. The van der Waals surface area contributed by atoms with Gasteiger partial charge >= 0.3 is 6.09 Å². The van der Waals surface area contributed by atoms with E-state index in [4.69, 9.17) is 9.72 Å². The standard InChI is InChI=1S/C24H31N7O4S/c1-15(16-3-4-16)26-20-13-19(27-21(28-20)18-14-25-31-10-12-36-23(18)31)22(32)29-7-5-17(6-8-29)30(24(33)34)9-11-35-2/h10,12-17H,3-9,11H2,1-2H3,(H,33,34)(H,26,27,28)/t15-/m0/s1. The molecule has 2 fully saturated rings. The second-order valence-corrected chi connectivity index (χ2v) is 10.3. The highest BCUT2D eigenvalue weighted by atomic mass is 32.1. The molecule has 12 heteroatoms. The van der Waals surface area contributed by atoms with E-state index in [9.17, 15) is 14.7 Å². The van der Waals surface area contributed by atoms with E-state index in [1.165, 1.54) is 17.7 Å². The molecule has 1 aliphatic carbocycles. The lowest BCUT2D eigenvalue weighted by Gasteiger charge is -2.37. The van der Waals surface area contributed by atoms with Crippen LogP contribution < -0.4 is 5.32 Å². The van der Waals surface area contributed by atoms with Gasteiger partial charge < -0.3 is 25.0 Å². The van der Waals surface area contributed by atoms with Gasteiger partial charge in [-0.3, -0.25) is 4.79 Å². The molecule has 2 amide bonds. The van der Waals surface area contributed by atoms with Gasteiger partial charge in [-0.25, -0.2) is 19.3 Å². The average molecular weight is 514 g/mol. The van der Waals surface area contributed by atoms with E-state index in [1.54, 1.807) is 40.1 Å². The molecule has 0 radical (unpaired) electrons. The number of hydrogen-bond donors (Lipinski definition) is 2. The average Bonchev–Trinajstić information content (AvgIpc) is 3.50. The number of nitrogens with one attached hydrogen (secondary N) is 1. The molecule has 1 saturated carbocycles. The van der Waals surface area contributed by atoms with Crippen LogP contribution in [0.15, 0.2) is 23.8 Å². The molecule has 5 rings (SSSR count). The second-order valence-electron chi connectivity index (χ2n) is 9.44. The fraction of sp³-hybridized carbons (Fsp3) is 0.542. The summed E-state index contributed by atoms with van der Waals surface area (Å²) in [5, 5.41) is 19.4. The van der Waals surface area contributed by atoms with Gasteiger partial charge in [0, 0.05) is 56.5 Å². The number of hydrogen-bond acceptors (Lipinski definition) is 8. The smallest absolute Gasteiger partial charge is 0.407 e. The third kappa shape index (κ3) is 5.14. The zero-order valence-electron chi connectivity index (χ0n) is 20.5. The molecule has 0 spiro atoms. The van der Waals surface area contributed by atoms with Crippen molar-refractivity contribution in [2.24, 2.45) is 5.92 Å². The maximum absolute atomic E-state index is 13.5. The molecule has 2 aliphatic rings. The number of carbonyl (C=O) groups excluding carboxylic acids is 1. The minimum absolute atomic E-state index is 0.140. The second kappa shape index (κ2) is 10.4. The Bertz CT molecular complexity index is 1230. The number of aromatic nitrogens is 4. The van der Waals surface area contributed by atoms with E-state index in [2.05, 4.69) is 22.3 Å². The van der Waals surface area contributed by atoms with Crippen LogP contribution in [0.2, 0.25) is 0 Å². The van der Waals surface area contributed by atoms with Crippen LogP contribution in [0.4, 0.5) is 10.6 Å². The highest BCUT2D eigenvalue weighted by Gasteiger charge is 2.32. The van der Waals surface area contributed by atoms with Crippen molar-refractivity contribution in [2.75, 3.05) is 38.7 Å². The Kier molecular flexibility index (Phi) is 7.06. The number of rotatable bonds is 9. The number of carbonyl (C=O) groups is 2. The minimum Gasteiger partial charge on any atom is -0.465 e. The molecule has 1 aliphatic heterocycles. The molecule has 0 bridgehead atoms. The minimum atomic E-state index is -0.959. The fourth-order valence-corrected chi connectivity index (χ4v) is 5.54. The van der Waals surface area contributed by atoms with Crippen LogP contribution in [0.5, 0.6) is 0 Å². The van der Waals surface area contributed by atoms with Crippen LogP contribution in [0.1, 0.15) is 43.1 Å². The number of methoxy groups -OCH3 is 1. The third-order valence-electron chi connectivity index (χ3n) is 7.00. The molecule has 1 saturated heterocycles. The first-order valence-corrected chi connectivity index (χ1v) is 13.2. The summed E-state index contributed by atoms with van der Waals surface area (Å²) >= 11 is 1.55. The van der Waals surface area contributed by atoms with Crippen molar-refractivity contribution in [3.05, 3.63) is 29.5 Å². The maximum atomic E-state index is 13.5. The molecular formula is C24H31N7O4S. The topological polar surface area (TPSA) is 125 Å².